The first-order chi connectivity index (χ1) is 42.8. The van der Waals surface area contributed by atoms with Crippen LogP contribution in [-0.4, -0.2) is 231 Å². The Balaban J connectivity index is 1.54. The second kappa shape index (κ2) is 39.8. The van der Waals surface area contributed by atoms with Crippen molar-refractivity contribution in [2.45, 2.75) is 94.2 Å². The molecule has 90 heavy (non-hydrogen) atoms. The average Bonchev–Trinajstić information content (AvgIpc) is 1.43. The zero-order valence-electron chi connectivity index (χ0n) is 48.1. The molecule has 2 aromatic heterocycles. The van der Waals surface area contributed by atoms with Crippen LogP contribution in [0.2, 0.25) is 0 Å². The van der Waals surface area contributed by atoms with Crippen molar-refractivity contribution in [1.82, 2.24) is 57.2 Å². The van der Waals surface area contributed by atoms with Gasteiger partial charge in [0.25, 0.3) is 11.5 Å². The number of H-pyrrole nitrogens is 1. The fourth-order valence-corrected chi connectivity index (χ4v) is 7.77. The van der Waals surface area contributed by atoms with E-state index >= 15 is 0 Å². The van der Waals surface area contributed by atoms with Crippen LogP contribution in [0.25, 0.3) is 11.2 Å². The van der Waals surface area contributed by atoms with E-state index in [2.05, 4.69) is 80.1 Å². The van der Waals surface area contributed by atoms with Gasteiger partial charge in [-0.1, -0.05) is 0 Å². The highest BCUT2D eigenvalue weighted by atomic mass is 32.1. The number of aromatic nitrogens is 4. The molecule has 3 rings (SSSR count). The molecule has 494 valence electrons. The molecule has 0 fully saturated rings. The summed E-state index contributed by atoms with van der Waals surface area (Å²) in [4.78, 5) is 182. The van der Waals surface area contributed by atoms with Crippen LogP contribution in [0.5, 0.6) is 0 Å². The van der Waals surface area contributed by atoms with E-state index in [1.807, 2.05) is 0 Å². The van der Waals surface area contributed by atoms with E-state index < -0.39 is 145 Å². The SMILES string of the molecule is NC(N)=NCCC[C@H](NC(=O)[C@H](CC(=O)O)NC(=O)CC[C@H](NC(=O)c1ccc(NCc2cnc3nc(N)[nH]c(=O)c3n2)cc1)C(=O)O)C(=O)N[C@@H](CC(=O)O)C(=O)N[C@@H](CC(=O)O)C(=O)NCCOCCOCCOCCOCCC(=O)N[C@@H](CS)C(=O)O. The summed E-state index contributed by atoms with van der Waals surface area (Å²) in [5.74, 6) is -15.7. The number of nitrogen functional groups attached to an aromatic ring is 1. The number of nitrogens with one attached hydrogen (secondary N) is 9. The Kier molecular flexibility index (Phi) is 32.9. The summed E-state index contributed by atoms with van der Waals surface area (Å²) in [6, 6.07) is -4.74. The van der Waals surface area contributed by atoms with E-state index in [0.29, 0.717) is 11.4 Å². The Morgan fingerprint density at radius 1 is 0.589 bits per heavy atom. The van der Waals surface area contributed by atoms with Crippen molar-refractivity contribution in [3.63, 3.8) is 0 Å². The summed E-state index contributed by atoms with van der Waals surface area (Å²) in [5, 5.41) is 66.3. The third-order valence-corrected chi connectivity index (χ3v) is 12.3. The number of ether oxygens (including phenoxy) is 4. The van der Waals surface area contributed by atoms with Gasteiger partial charge in [0.15, 0.2) is 17.1 Å². The molecular weight excluding hydrogens is 1220 g/mol. The topological polar surface area (TPSA) is 601 Å². The van der Waals surface area contributed by atoms with Crippen LogP contribution < -0.4 is 65.3 Å². The highest BCUT2D eigenvalue weighted by molar-refractivity contribution is 7.80. The maximum atomic E-state index is 13.8. The molecule has 6 atom stereocenters. The average molecular weight is 1290 g/mol. The molecule has 1 aromatic carbocycles. The van der Waals surface area contributed by atoms with E-state index in [1.54, 1.807) is 0 Å². The van der Waals surface area contributed by atoms with Crippen molar-refractivity contribution in [2.24, 2.45) is 16.5 Å². The number of anilines is 2. The number of carboxylic acid groups (broad SMARTS) is 5. The third kappa shape index (κ3) is 29.2. The Morgan fingerprint density at radius 3 is 1.63 bits per heavy atom. The number of fused-ring (bicyclic) bond motifs is 1. The van der Waals surface area contributed by atoms with Crippen molar-refractivity contribution in [3.05, 3.63) is 52.1 Å². The van der Waals surface area contributed by atoms with Crippen LogP contribution in [0.4, 0.5) is 11.6 Å². The number of carboxylic acids is 5. The second-order valence-electron chi connectivity index (χ2n) is 19.0. The minimum Gasteiger partial charge on any atom is -0.481 e. The molecule has 3 aromatic rings. The highest BCUT2D eigenvalue weighted by Crippen LogP contribution is 2.13. The number of carbonyl (C=O) groups excluding carboxylic acids is 7. The Hall–Kier alpha value is -9.86. The van der Waals surface area contributed by atoms with Gasteiger partial charge in [0.2, 0.25) is 41.4 Å². The normalized spacial score (nSPS) is 12.9. The first-order valence-corrected chi connectivity index (χ1v) is 27.9. The number of nitrogens with two attached hydrogens (primary N) is 3. The number of thiol groups is 1. The van der Waals surface area contributed by atoms with E-state index in [0.717, 1.165) is 0 Å². The first-order valence-electron chi connectivity index (χ1n) is 27.3. The summed E-state index contributed by atoms with van der Waals surface area (Å²) in [7, 11) is 0. The van der Waals surface area contributed by atoms with Crippen LogP contribution >= 0.6 is 12.6 Å². The zero-order valence-corrected chi connectivity index (χ0v) is 49.0. The van der Waals surface area contributed by atoms with Gasteiger partial charge in [-0.15, -0.1) is 0 Å². The predicted molar refractivity (Wildman–Crippen MR) is 313 cm³/mol. The number of guanidine groups is 1. The molecule has 39 heteroatoms. The summed E-state index contributed by atoms with van der Waals surface area (Å²) in [6.07, 6.45) is -3.75. The molecule has 0 saturated heterocycles. The number of nitrogens with zero attached hydrogens (tertiary/aromatic N) is 4. The molecule has 0 aliphatic rings. The maximum Gasteiger partial charge on any atom is 0.327 e. The van der Waals surface area contributed by atoms with E-state index in [9.17, 15) is 82.8 Å². The summed E-state index contributed by atoms with van der Waals surface area (Å²) >= 11 is 3.87. The molecule has 0 unspecified atom stereocenters. The first kappa shape index (κ1) is 74.4. The van der Waals surface area contributed by atoms with Crippen LogP contribution in [0.1, 0.15) is 67.4 Å². The predicted octanol–water partition coefficient (Wildman–Crippen LogP) is -5.64. The smallest absolute Gasteiger partial charge is 0.327 e. The number of aromatic amines is 1. The van der Waals surface area contributed by atoms with Crippen molar-refractivity contribution >= 4 is 113 Å². The number of hydrogen-bond donors (Lipinski definition) is 18. The molecular formula is C51H72N16O22S. The second-order valence-corrected chi connectivity index (χ2v) is 19.4. The molecule has 0 saturated carbocycles. The molecule has 20 N–H and O–H groups in total. The lowest BCUT2D eigenvalue weighted by molar-refractivity contribution is -0.143. The van der Waals surface area contributed by atoms with E-state index in [-0.39, 0.29) is 126 Å². The van der Waals surface area contributed by atoms with Crippen molar-refractivity contribution in [1.29, 1.82) is 0 Å². The number of hydrogen-bond acceptors (Lipinski definition) is 24. The largest absolute Gasteiger partial charge is 0.481 e. The van der Waals surface area contributed by atoms with E-state index in [4.69, 9.17) is 41.3 Å². The van der Waals surface area contributed by atoms with Gasteiger partial charge in [0, 0.05) is 42.9 Å². The molecule has 0 radical (unpaired) electrons. The molecule has 0 aliphatic heterocycles. The van der Waals surface area contributed by atoms with Crippen LogP contribution in [-0.2, 0) is 78.2 Å². The van der Waals surface area contributed by atoms with Gasteiger partial charge in [-0.05, 0) is 43.5 Å². The quantitative estimate of drug-likeness (QED) is 0.0109. The molecule has 0 spiro atoms. The van der Waals surface area contributed by atoms with Gasteiger partial charge >= 0.3 is 29.8 Å². The fraction of sp³-hybridized carbons (Fsp3) is 0.510. The minimum atomic E-state index is -2.05. The Bertz CT molecular complexity index is 3060. The van der Waals surface area contributed by atoms with Gasteiger partial charge in [0.05, 0.1) is 90.6 Å². The fourth-order valence-electron chi connectivity index (χ4n) is 7.52. The molecule has 0 bridgehead atoms. The van der Waals surface area contributed by atoms with Gasteiger partial charge in [-0.2, -0.15) is 17.6 Å². The highest BCUT2D eigenvalue weighted by Gasteiger charge is 2.34. The lowest BCUT2D eigenvalue weighted by Crippen LogP contribution is -2.59. The van der Waals surface area contributed by atoms with E-state index in [1.165, 1.54) is 30.5 Å². The van der Waals surface area contributed by atoms with Gasteiger partial charge in [-0.3, -0.25) is 62.7 Å². The number of aliphatic carboxylic acids is 5. The summed E-state index contributed by atoms with van der Waals surface area (Å²) < 4.78 is 21.4. The number of benzene rings is 1. The summed E-state index contributed by atoms with van der Waals surface area (Å²) in [6.45, 7) is 0.422. The number of carbonyl (C=O) groups is 12. The lowest BCUT2D eigenvalue weighted by Gasteiger charge is -2.25. The van der Waals surface area contributed by atoms with Crippen molar-refractivity contribution in [3.8, 4) is 0 Å². The number of aliphatic imine (C=N–C) groups is 1. The van der Waals surface area contributed by atoms with Crippen LogP contribution in [0.15, 0.2) is 40.2 Å². The monoisotopic (exact) mass is 1290 g/mol. The van der Waals surface area contributed by atoms with Crippen molar-refractivity contribution < 1.29 is 102 Å². The minimum absolute atomic E-state index is 0.00193. The molecule has 7 amide bonds. The third-order valence-electron chi connectivity index (χ3n) is 12.0. The number of rotatable bonds is 45. The van der Waals surface area contributed by atoms with Gasteiger partial charge in [-0.25, -0.2) is 19.6 Å². The lowest BCUT2D eigenvalue weighted by atomic mass is 10.1. The molecule has 2 heterocycles. The maximum absolute atomic E-state index is 13.8. The van der Waals surface area contributed by atoms with Crippen LogP contribution in [0.3, 0.4) is 0 Å². The molecule has 0 aliphatic carbocycles. The van der Waals surface area contributed by atoms with Gasteiger partial charge in [0.1, 0.15) is 36.3 Å². The van der Waals surface area contributed by atoms with Crippen LogP contribution in [0, 0.1) is 0 Å². The molecule has 38 nitrogen and oxygen atoms in total. The van der Waals surface area contributed by atoms with Gasteiger partial charge < -0.3 is 104 Å². The number of amides is 7. The summed E-state index contributed by atoms with van der Waals surface area (Å²) in [5.41, 5.74) is 16.6. The Morgan fingerprint density at radius 2 is 1.09 bits per heavy atom. The van der Waals surface area contributed by atoms with Crippen molar-refractivity contribution in [2.75, 3.05) is 82.7 Å². The zero-order chi connectivity index (χ0) is 66.7. The standard InChI is InChI=1S/C51H72N16O22S/c52-50(53)56-10-1-2-29(44(78)65-33(22-39(74)75)46(80)64-31(20-37(70)71)43(77)55-11-13-87-15-17-89-19-18-88-16-14-86-12-9-36(69)61-34(25-90)49(84)85)62-45(79)32(21-38(72)73)60-35(68)8-7-30(48(82)83)63-42(76)26-3-5-27(6-4-26)57-23-28-24-58-41-40(59-28)47(81)67-51(54)66-41/h3-6,24,29-34,57,90H,1-2,7-23,25H2,(H,55,77)(H,60,68)(H,61,69)(H,62,79)(H,63,76)(H,64,80)(H,65,78)(H,70,71)(H,72,73)(H,74,75)(H,82,83)(H,84,85)(H4,52,53,56)(H3,54,58,66,67,81)/t29-,30-,31-,32-,33-,34-/m0/s1. The Labute approximate surface area is 515 Å².